The number of benzene rings is 1. The van der Waals surface area contributed by atoms with Gasteiger partial charge in [-0.05, 0) is 55.2 Å². The van der Waals surface area contributed by atoms with Gasteiger partial charge in [-0.25, -0.2) is 0 Å². The number of ether oxygens (including phenoxy) is 1. The summed E-state index contributed by atoms with van der Waals surface area (Å²) in [5, 5.41) is 0. The van der Waals surface area contributed by atoms with E-state index in [0.717, 1.165) is 24.2 Å². The predicted molar refractivity (Wildman–Crippen MR) is 128 cm³/mol. The normalized spacial score (nSPS) is 19.4. The van der Waals surface area contributed by atoms with Crippen LogP contribution in [0.1, 0.15) is 121 Å². The molecule has 0 heterocycles. The minimum Gasteiger partial charge on any atom is -0.493 e. The van der Waals surface area contributed by atoms with Crippen molar-refractivity contribution < 1.29 is 4.74 Å². The summed E-state index contributed by atoms with van der Waals surface area (Å²) in [5.41, 5.74) is 2.81. The van der Waals surface area contributed by atoms with Crippen molar-refractivity contribution in [1.29, 1.82) is 0 Å². The van der Waals surface area contributed by atoms with Gasteiger partial charge in [-0.1, -0.05) is 109 Å². The predicted octanol–water partition coefficient (Wildman–Crippen LogP) is 9.05. The zero-order valence-electron chi connectivity index (χ0n) is 19.8. The van der Waals surface area contributed by atoms with E-state index in [4.69, 9.17) is 4.74 Å². The van der Waals surface area contributed by atoms with E-state index in [0.29, 0.717) is 0 Å². The van der Waals surface area contributed by atoms with E-state index in [1.807, 2.05) is 0 Å². The third-order valence-electron chi connectivity index (χ3n) is 7.02. The first kappa shape index (κ1) is 24.3. The van der Waals surface area contributed by atoms with Crippen molar-refractivity contribution in [3.63, 3.8) is 0 Å². The lowest BCUT2D eigenvalue weighted by Crippen LogP contribution is -2.15. The van der Waals surface area contributed by atoms with E-state index in [1.165, 1.54) is 114 Å². The van der Waals surface area contributed by atoms with E-state index in [9.17, 15) is 0 Å². The molecule has 1 aliphatic rings. The molecule has 29 heavy (non-hydrogen) atoms. The smallest absolute Gasteiger partial charge is 0.122 e. The van der Waals surface area contributed by atoms with Crippen LogP contribution in [-0.2, 0) is 6.42 Å². The van der Waals surface area contributed by atoms with E-state index in [-0.39, 0.29) is 0 Å². The lowest BCUT2D eigenvalue weighted by Gasteiger charge is -2.28. The maximum Gasteiger partial charge on any atom is 0.122 e. The highest BCUT2D eigenvalue weighted by Crippen LogP contribution is 2.34. The second-order valence-corrected chi connectivity index (χ2v) is 9.64. The summed E-state index contributed by atoms with van der Waals surface area (Å²) in [4.78, 5) is 0. The van der Waals surface area contributed by atoms with Crippen molar-refractivity contribution in [2.75, 3.05) is 6.61 Å². The molecule has 0 bridgehead atoms. The van der Waals surface area contributed by atoms with Gasteiger partial charge in [0.1, 0.15) is 5.75 Å². The standard InChI is InChI=1S/C28H48O/c1-4-6-8-9-10-12-22-29-28-21-20-27(23-24(28)3)19-18-26-16-14-25(15-17-26)13-11-7-5-2/h20-21,23,25-26H,4-19,22H2,1-3H3. The topological polar surface area (TPSA) is 9.23 Å². The van der Waals surface area contributed by atoms with Crippen molar-refractivity contribution in [2.45, 2.75) is 124 Å². The summed E-state index contributed by atoms with van der Waals surface area (Å²) in [5.74, 6) is 3.08. The van der Waals surface area contributed by atoms with Crippen LogP contribution in [0.4, 0.5) is 0 Å². The van der Waals surface area contributed by atoms with Gasteiger partial charge in [0.2, 0.25) is 0 Å². The van der Waals surface area contributed by atoms with Gasteiger partial charge < -0.3 is 4.74 Å². The Morgan fingerprint density at radius 2 is 1.38 bits per heavy atom. The van der Waals surface area contributed by atoms with Crippen LogP contribution in [0.25, 0.3) is 0 Å². The molecule has 0 unspecified atom stereocenters. The van der Waals surface area contributed by atoms with Gasteiger partial charge in [0.05, 0.1) is 6.61 Å². The molecule has 0 atom stereocenters. The number of unbranched alkanes of at least 4 members (excludes halogenated alkanes) is 7. The second-order valence-electron chi connectivity index (χ2n) is 9.64. The summed E-state index contributed by atoms with van der Waals surface area (Å²) in [6, 6.07) is 6.89. The molecular weight excluding hydrogens is 352 g/mol. The van der Waals surface area contributed by atoms with Crippen LogP contribution in [0.15, 0.2) is 18.2 Å². The Bertz CT molecular complexity index is 527. The molecular formula is C28H48O. The molecule has 1 heteroatoms. The highest BCUT2D eigenvalue weighted by molar-refractivity contribution is 5.36. The monoisotopic (exact) mass is 400 g/mol. The first-order chi connectivity index (χ1) is 14.2. The minimum absolute atomic E-state index is 0.869. The van der Waals surface area contributed by atoms with Crippen molar-refractivity contribution in [3.05, 3.63) is 29.3 Å². The molecule has 0 spiro atoms. The Morgan fingerprint density at radius 1 is 0.759 bits per heavy atom. The zero-order valence-corrected chi connectivity index (χ0v) is 19.8. The molecule has 2 rings (SSSR count). The van der Waals surface area contributed by atoms with Crippen molar-refractivity contribution in [1.82, 2.24) is 0 Å². The Kier molecular flexibility index (Phi) is 12.5. The van der Waals surface area contributed by atoms with Crippen LogP contribution in [-0.4, -0.2) is 6.61 Å². The lowest BCUT2D eigenvalue weighted by atomic mass is 9.78. The Morgan fingerprint density at radius 3 is 2.07 bits per heavy atom. The lowest BCUT2D eigenvalue weighted by molar-refractivity contribution is 0.249. The average molecular weight is 401 g/mol. The van der Waals surface area contributed by atoms with Crippen LogP contribution in [0.2, 0.25) is 0 Å². The Hall–Kier alpha value is -0.980. The summed E-state index contributed by atoms with van der Waals surface area (Å²) in [6.07, 6.45) is 22.2. The summed E-state index contributed by atoms with van der Waals surface area (Å²) >= 11 is 0. The van der Waals surface area contributed by atoms with Crippen LogP contribution < -0.4 is 4.74 Å². The van der Waals surface area contributed by atoms with Crippen LogP contribution in [0.5, 0.6) is 5.75 Å². The fourth-order valence-electron chi connectivity index (χ4n) is 4.96. The van der Waals surface area contributed by atoms with Crippen LogP contribution in [0, 0.1) is 18.8 Å². The third-order valence-corrected chi connectivity index (χ3v) is 7.02. The highest BCUT2D eigenvalue weighted by atomic mass is 16.5. The first-order valence-corrected chi connectivity index (χ1v) is 12.9. The first-order valence-electron chi connectivity index (χ1n) is 12.9. The van der Waals surface area contributed by atoms with Crippen molar-refractivity contribution in [2.24, 2.45) is 11.8 Å². The summed E-state index contributed by atoms with van der Waals surface area (Å²) in [6.45, 7) is 7.66. The van der Waals surface area contributed by atoms with Gasteiger partial charge in [-0.2, -0.15) is 0 Å². The molecule has 1 aromatic carbocycles. The maximum atomic E-state index is 6.04. The number of hydrogen-bond acceptors (Lipinski definition) is 1. The highest BCUT2D eigenvalue weighted by Gasteiger charge is 2.20. The number of aryl methyl sites for hydroxylation is 2. The summed E-state index contributed by atoms with van der Waals surface area (Å²) in [7, 11) is 0. The molecule has 1 aliphatic carbocycles. The molecule has 0 saturated heterocycles. The summed E-state index contributed by atoms with van der Waals surface area (Å²) < 4.78 is 6.04. The van der Waals surface area contributed by atoms with Gasteiger partial charge in [0.15, 0.2) is 0 Å². The molecule has 0 amide bonds. The molecule has 0 aliphatic heterocycles. The van der Waals surface area contributed by atoms with E-state index in [2.05, 4.69) is 39.0 Å². The van der Waals surface area contributed by atoms with Gasteiger partial charge in [-0.3, -0.25) is 0 Å². The molecule has 1 aromatic rings. The number of rotatable bonds is 15. The molecule has 1 saturated carbocycles. The SMILES string of the molecule is CCCCCCCCOc1ccc(CCC2CCC(CCCCC)CC2)cc1C. The van der Waals surface area contributed by atoms with E-state index >= 15 is 0 Å². The van der Waals surface area contributed by atoms with Gasteiger partial charge in [0.25, 0.3) is 0 Å². The largest absolute Gasteiger partial charge is 0.493 e. The molecule has 0 radical (unpaired) electrons. The Balaban J connectivity index is 1.61. The second kappa shape index (κ2) is 14.9. The van der Waals surface area contributed by atoms with Gasteiger partial charge >= 0.3 is 0 Å². The fourth-order valence-corrected chi connectivity index (χ4v) is 4.96. The minimum atomic E-state index is 0.869. The maximum absolute atomic E-state index is 6.04. The van der Waals surface area contributed by atoms with Crippen molar-refractivity contribution in [3.8, 4) is 5.75 Å². The van der Waals surface area contributed by atoms with Crippen molar-refractivity contribution >= 4 is 0 Å². The van der Waals surface area contributed by atoms with E-state index in [1.54, 1.807) is 0 Å². The Labute approximate surface area is 182 Å². The molecule has 166 valence electrons. The van der Waals surface area contributed by atoms with Crippen LogP contribution >= 0.6 is 0 Å². The fraction of sp³-hybridized carbons (Fsp3) is 0.786. The number of hydrogen-bond donors (Lipinski definition) is 0. The average Bonchev–Trinajstić information content (AvgIpc) is 2.74. The zero-order chi connectivity index (χ0) is 20.7. The quantitative estimate of drug-likeness (QED) is 0.267. The molecule has 0 N–H and O–H groups in total. The third kappa shape index (κ3) is 10.1. The van der Waals surface area contributed by atoms with Gasteiger partial charge in [-0.15, -0.1) is 0 Å². The van der Waals surface area contributed by atoms with E-state index < -0.39 is 0 Å². The molecule has 1 nitrogen and oxygen atoms in total. The molecule has 0 aromatic heterocycles. The van der Waals surface area contributed by atoms with Crippen LogP contribution in [0.3, 0.4) is 0 Å². The van der Waals surface area contributed by atoms with Gasteiger partial charge in [0, 0.05) is 0 Å². The molecule has 1 fully saturated rings.